The van der Waals surface area contributed by atoms with Gasteiger partial charge in [-0.25, -0.2) is 0 Å². The molecule has 0 aliphatic rings. The van der Waals surface area contributed by atoms with Gasteiger partial charge in [0, 0.05) is 5.56 Å². The van der Waals surface area contributed by atoms with E-state index in [0.717, 1.165) is 16.3 Å². The predicted molar refractivity (Wildman–Crippen MR) is 80.5 cm³/mol. The van der Waals surface area contributed by atoms with E-state index in [1.807, 2.05) is 24.3 Å². The van der Waals surface area contributed by atoms with Crippen LogP contribution in [-0.4, -0.2) is 5.11 Å². The maximum absolute atomic E-state index is 9.49. The maximum Gasteiger partial charge on any atom is 0.116 e. The summed E-state index contributed by atoms with van der Waals surface area (Å²) in [6.45, 7) is 0. The fraction of sp³-hybridized carbons (Fsp3) is 0. The lowest BCUT2D eigenvalue weighted by atomic mass is 9.93. The van der Waals surface area contributed by atoms with Gasteiger partial charge in [-0.05, 0) is 46.7 Å². The number of fused-ring (bicyclic) bond motifs is 1. The van der Waals surface area contributed by atoms with Gasteiger partial charge < -0.3 is 5.11 Å². The van der Waals surface area contributed by atoms with E-state index in [2.05, 4.69) is 12.1 Å². The molecule has 0 amide bonds. The van der Waals surface area contributed by atoms with Crippen molar-refractivity contribution in [2.45, 2.75) is 0 Å². The Balaban J connectivity index is 2.29. The summed E-state index contributed by atoms with van der Waals surface area (Å²) in [5.41, 5.74) is 2.43. The van der Waals surface area contributed by atoms with Crippen LogP contribution in [0.15, 0.2) is 54.6 Å². The van der Waals surface area contributed by atoms with Crippen molar-refractivity contribution in [1.29, 1.82) is 10.5 Å². The molecule has 0 aromatic heterocycles. The number of hydrogen-bond acceptors (Lipinski definition) is 3. The van der Waals surface area contributed by atoms with Crippen LogP contribution in [-0.2, 0) is 0 Å². The smallest absolute Gasteiger partial charge is 0.116 e. The Morgan fingerprint density at radius 2 is 1.38 bits per heavy atom. The van der Waals surface area contributed by atoms with Gasteiger partial charge in [-0.1, -0.05) is 24.3 Å². The van der Waals surface area contributed by atoms with Gasteiger partial charge >= 0.3 is 0 Å². The highest BCUT2D eigenvalue weighted by atomic mass is 16.3. The van der Waals surface area contributed by atoms with Gasteiger partial charge in [-0.2, -0.15) is 10.5 Å². The second-order valence-corrected chi connectivity index (χ2v) is 4.70. The zero-order valence-corrected chi connectivity index (χ0v) is 11.0. The number of nitriles is 2. The maximum atomic E-state index is 9.49. The summed E-state index contributed by atoms with van der Waals surface area (Å²) in [5, 5.41) is 29.9. The predicted octanol–water partition coefficient (Wildman–Crippen LogP) is 3.96. The van der Waals surface area contributed by atoms with Crippen LogP contribution in [0, 0.1) is 22.7 Å². The van der Waals surface area contributed by atoms with E-state index in [1.54, 1.807) is 30.3 Å². The summed E-state index contributed by atoms with van der Waals surface area (Å²) in [4.78, 5) is 0. The highest BCUT2D eigenvalue weighted by molar-refractivity contribution is 5.90. The average Bonchev–Trinajstić information content (AvgIpc) is 2.53. The third-order valence-electron chi connectivity index (χ3n) is 3.42. The summed E-state index contributed by atoms with van der Waals surface area (Å²) in [6, 6.07) is 20.2. The molecule has 0 atom stereocenters. The average molecular weight is 270 g/mol. The molecule has 0 spiro atoms. The number of phenolic OH excluding ortho intramolecular Hbond substituents is 1. The van der Waals surface area contributed by atoms with Crippen LogP contribution in [0.3, 0.4) is 0 Å². The Kier molecular flexibility index (Phi) is 3.03. The second-order valence-electron chi connectivity index (χ2n) is 4.70. The van der Waals surface area contributed by atoms with Crippen LogP contribution in [0.4, 0.5) is 0 Å². The molecule has 3 rings (SSSR count). The molecule has 0 saturated heterocycles. The normalized spacial score (nSPS) is 10.0. The van der Waals surface area contributed by atoms with Crippen molar-refractivity contribution in [2.75, 3.05) is 0 Å². The lowest BCUT2D eigenvalue weighted by Crippen LogP contribution is -1.89. The molecule has 3 heteroatoms. The summed E-state index contributed by atoms with van der Waals surface area (Å²) in [7, 11) is 0. The molecule has 3 aromatic carbocycles. The van der Waals surface area contributed by atoms with Gasteiger partial charge in [0.15, 0.2) is 0 Å². The van der Waals surface area contributed by atoms with Gasteiger partial charge in [0.05, 0.1) is 23.3 Å². The fourth-order valence-corrected chi connectivity index (χ4v) is 2.44. The standard InChI is InChI=1S/C18H10N2O/c19-10-15-2-1-3-16(11-20)18(15)14-5-4-13-9-17(21)7-6-12(13)8-14/h1-9,21H. The molecule has 98 valence electrons. The Morgan fingerprint density at radius 1 is 0.762 bits per heavy atom. The third kappa shape index (κ3) is 2.18. The molecule has 1 N–H and O–H groups in total. The number of hydrogen-bond donors (Lipinski definition) is 1. The summed E-state index contributed by atoms with van der Waals surface area (Å²) < 4.78 is 0. The van der Waals surface area contributed by atoms with E-state index < -0.39 is 0 Å². The SMILES string of the molecule is N#Cc1cccc(C#N)c1-c1ccc2cc(O)ccc2c1. The van der Waals surface area contributed by atoms with Crippen LogP contribution < -0.4 is 0 Å². The van der Waals surface area contributed by atoms with E-state index >= 15 is 0 Å². The van der Waals surface area contributed by atoms with Crippen LogP contribution in [0.5, 0.6) is 5.75 Å². The van der Waals surface area contributed by atoms with Gasteiger partial charge in [-0.3, -0.25) is 0 Å². The van der Waals surface area contributed by atoms with Crippen LogP contribution in [0.2, 0.25) is 0 Å². The second kappa shape index (κ2) is 5.00. The van der Waals surface area contributed by atoms with Gasteiger partial charge in [0.25, 0.3) is 0 Å². The minimum Gasteiger partial charge on any atom is -0.508 e. The number of aromatic hydroxyl groups is 1. The minimum atomic E-state index is 0.213. The van der Waals surface area contributed by atoms with Crippen molar-refractivity contribution >= 4 is 10.8 Å². The topological polar surface area (TPSA) is 67.8 Å². The van der Waals surface area contributed by atoms with Crippen molar-refractivity contribution in [3.8, 4) is 29.0 Å². The first-order valence-corrected chi connectivity index (χ1v) is 6.39. The van der Waals surface area contributed by atoms with Gasteiger partial charge in [0.2, 0.25) is 0 Å². The Bertz CT molecular complexity index is 898. The Hall–Kier alpha value is -3.30. The van der Waals surface area contributed by atoms with Crippen molar-refractivity contribution in [3.05, 3.63) is 65.7 Å². The van der Waals surface area contributed by atoms with E-state index in [9.17, 15) is 15.6 Å². The first-order chi connectivity index (χ1) is 10.2. The zero-order chi connectivity index (χ0) is 14.8. The van der Waals surface area contributed by atoms with E-state index in [0.29, 0.717) is 16.7 Å². The molecule has 0 fully saturated rings. The molecule has 0 heterocycles. The van der Waals surface area contributed by atoms with Crippen molar-refractivity contribution in [3.63, 3.8) is 0 Å². The van der Waals surface area contributed by atoms with Crippen LogP contribution in [0.1, 0.15) is 11.1 Å². The number of nitrogens with zero attached hydrogens (tertiary/aromatic N) is 2. The highest BCUT2D eigenvalue weighted by Gasteiger charge is 2.11. The molecule has 0 aliphatic heterocycles. The summed E-state index contributed by atoms with van der Waals surface area (Å²) in [5.74, 6) is 0.213. The Labute approximate surface area is 121 Å². The molecule has 21 heavy (non-hydrogen) atoms. The van der Waals surface area contributed by atoms with E-state index in [-0.39, 0.29) is 5.75 Å². The fourth-order valence-electron chi connectivity index (χ4n) is 2.44. The molecule has 0 unspecified atom stereocenters. The number of rotatable bonds is 1. The third-order valence-corrected chi connectivity index (χ3v) is 3.42. The molecule has 0 radical (unpaired) electrons. The van der Waals surface area contributed by atoms with Gasteiger partial charge in [0.1, 0.15) is 5.75 Å². The first kappa shape index (κ1) is 12.7. The van der Waals surface area contributed by atoms with Crippen molar-refractivity contribution < 1.29 is 5.11 Å². The quantitative estimate of drug-likeness (QED) is 0.727. The lowest BCUT2D eigenvalue weighted by molar-refractivity contribution is 0.476. The summed E-state index contributed by atoms with van der Waals surface area (Å²) >= 11 is 0. The zero-order valence-electron chi connectivity index (χ0n) is 11.0. The molecule has 3 nitrogen and oxygen atoms in total. The number of benzene rings is 3. The molecule has 0 saturated carbocycles. The van der Waals surface area contributed by atoms with Crippen LogP contribution >= 0.6 is 0 Å². The van der Waals surface area contributed by atoms with Crippen molar-refractivity contribution in [1.82, 2.24) is 0 Å². The molecule has 0 aliphatic carbocycles. The largest absolute Gasteiger partial charge is 0.508 e. The molecular weight excluding hydrogens is 260 g/mol. The van der Waals surface area contributed by atoms with Gasteiger partial charge in [-0.15, -0.1) is 0 Å². The van der Waals surface area contributed by atoms with Crippen molar-refractivity contribution in [2.24, 2.45) is 0 Å². The van der Waals surface area contributed by atoms with Crippen LogP contribution in [0.25, 0.3) is 21.9 Å². The molecule has 3 aromatic rings. The molecular formula is C18H10N2O. The molecule has 0 bridgehead atoms. The highest BCUT2D eigenvalue weighted by Crippen LogP contribution is 2.31. The first-order valence-electron chi connectivity index (χ1n) is 6.39. The number of phenols is 1. The van der Waals surface area contributed by atoms with E-state index in [1.165, 1.54) is 0 Å². The van der Waals surface area contributed by atoms with E-state index in [4.69, 9.17) is 0 Å². The minimum absolute atomic E-state index is 0.213. The lowest BCUT2D eigenvalue weighted by Gasteiger charge is -2.08. The summed E-state index contributed by atoms with van der Waals surface area (Å²) in [6.07, 6.45) is 0. The monoisotopic (exact) mass is 270 g/mol. The Morgan fingerprint density at radius 3 is 2.05 bits per heavy atom.